The number of carbonyl (C=O) groups excluding carboxylic acids is 2. The normalized spacial score (nSPS) is 10.0. The van der Waals surface area contributed by atoms with E-state index in [0.717, 1.165) is 0 Å². The molecule has 0 atom stereocenters. The molecule has 2 aromatic carbocycles. The van der Waals surface area contributed by atoms with Crippen molar-refractivity contribution in [2.75, 3.05) is 35.0 Å². The Labute approximate surface area is 151 Å². The second-order valence-electron chi connectivity index (χ2n) is 5.11. The number of ether oxygens (including phenoxy) is 5. The fraction of sp³-hybridized carbons (Fsp3) is 0.263. The minimum Gasteiger partial charge on any atom is -0.496 e. The summed E-state index contributed by atoms with van der Waals surface area (Å²) in [5.41, 5.74) is 0.514. The van der Waals surface area contributed by atoms with Crippen molar-refractivity contribution in [3.63, 3.8) is 0 Å². The molecule has 0 aliphatic heterocycles. The summed E-state index contributed by atoms with van der Waals surface area (Å²) in [4.78, 5) is 24.6. The standard InChI is InChI=1S/C19H20O7/c1-22-15-8-6-5-7-13(15)14(20)11-26-19(21)12-9-16(23-2)18(25-4)17(10-12)24-3/h5-10H,11H2,1-4H3. The first-order chi connectivity index (χ1) is 12.5. The molecule has 26 heavy (non-hydrogen) atoms. The first-order valence-corrected chi connectivity index (χ1v) is 7.69. The zero-order valence-corrected chi connectivity index (χ0v) is 15.0. The van der Waals surface area contributed by atoms with Crippen molar-refractivity contribution in [2.24, 2.45) is 0 Å². The van der Waals surface area contributed by atoms with Gasteiger partial charge in [-0.15, -0.1) is 0 Å². The number of hydrogen-bond acceptors (Lipinski definition) is 7. The topological polar surface area (TPSA) is 80.3 Å². The molecule has 0 N–H and O–H groups in total. The molecule has 2 rings (SSSR count). The van der Waals surface area contributed by atoms with Crippen molar-refractivity contribution in [1.82, 2.24) is 0 Å². The Kier molecular flexibility index (Phi) is 6.43. The number of hydrogen-bond donors (Lipinski definition) is 0. The van der Waals surface area contributed by atoms with Crippen LogP contribution >= 0.6 is 0 Å². The minimum absolute atomic E-state index is 0.173. The maximum atomic E-state index is 12.3. The lowest BCUT2D eigenvalue weighted by atomic mass is 10.1. The first-order valence-electron chi connectivity index (χ1n) is 7.69. The summed E-state index contributed by atoms with van der Waals surface area (Å²) in [7, 11) is 5.81. The highest BCUT2D eigenvalue weighted by atomic mass is 16.5. The molecular formula is C19H20O7. The van der Waals surface area contributed by atoms with Gasteiger partial charge in [-0.1, -0.05) is 12.1 Å². The van der Waals surface area contributed by atoms with Gasteiger partial charge in [-0.25, -0.2) is 4.79 Å². The quantitative estimate of drug-likeness (QED) is 0.529. The van der Waals surface area contributed by atoms with Crippen LogP contribution in [0.25, 0.3) is 0 Å². The SMILES string of the molecule is COc1ccccc1C(=O)COC(=O)c1cc(OC)c(OC)c(OC)c1. The molecule has 0 aliphatic rings. The second kappa shape index (κ2) is 8.75. The van der Waals surface area contributed by atoms with Gasteiger partial charge in [-0.2, -0.15) is 0 Å². The number of ketones is 1. The predicted octanol–water partition coefficient (Wildman–Crippen LogP) is 2.76. The molecule has 0 aromatic heterocycles. The summed E-state index contributed by atoms with van der Waals surface area (Å²) in [5.74, 6) is 0.346. The molecule has 7 heteroatoms. The number of methoxy groups -OCH3 is 4. The Morgan fingerprint density at radius 2 is 1.38 bits per heavy atom. The number of para-hydroxylation sites is 1. The highest BCUT2D eigenvalue weighted by Crippen LogP contribution is 2.38. The third kappa shape index (κ3) is 4.05. The van der Waals surface area contributed by atoms with Gasteiger partial charge < -0.3 is 23.7 Å². The van der Waals surface area contributed by atoms with Crippen LogP contribution in [0.1, 0.15) is 20.7 Å². The van der Waals surface area contributed by atoms with Gasteiger partial charge in [0.05, 0.1) is 39.6 Å². The monoisotopic (exact) mass is 360 g/mol. The van der Waals surface area contributed by atoms with Crippen LogP contribution in [0.15, 0.2) is 36.4 Å². The van der Waals surface area contributed by atoms with Gasteiger partial charge in [-0.05, 0) is 24.3 Å². The van der Waals surface area contributed by atoms with E-state index < -0.39 is 12.6 Å². The van der Waals surface area contributed by atoms with Gasteiger partial charge in [0.2, 0.25) is 11.5 Å². The molecule has 7 nitrogen and oxygen atoms in total. The maximum Gasteiger partial charge on any atom is 0.338 e. The number of Topliss-reactive ketones (excluding diaryl/α,β-unsaturated/α-hetero) is 1. The van der Waals surface area contributed by atoms with E-state index in [-0.39, 0.29) is 11.3 Å². The van der Waals surface area contributed by atoms with E-state index in [9.17, 15) is 9.59 Å². The third-order valence-electron chi connectivity index (χ3n) is 3.64. The zero-order chi connectivity index (χ0) is 19.1. The van der Waals surface area contributed by atoms with E-state index in [2.05, 4.69) is 0 Å². The van der Waals surface area contributed by atoms with Crippen LogP contribution in [0.4, 0.5) is 0 Å². The molecule has 0 radical (unpaired) electrons. The van der Waals surface area contributed by atoms with Crippen molar-refractivity contribution < 1.29 is 33.3 Å². The number of rotatable bonds is 8. The second-order valence-corrected chi connectivity index (χ2v) is 5.11. The average Bonchev–Trinajstić information content (AvgIpc) is 2.70. The molecule has 138 valence electrons. The zero-order valence-electron chi connectivity index (χ0n) is 15.0. The molecule has 0 amide bonds. The lowest BCUT2D eigenvalue weighted by molar-refractivity contribution is 0.0473. The molecular weight excluding hydrogens is 340 g/mol. The van der Waals surface area contributed by atoms with Gasteiger partial charge in [0.25, 0.3) is 0 Å². The first kappa shape index (κ1) is 19.1. The molecule has 0 fully saturated rings. The maximum absolute atomic E-state index is 12.3. The summed E-state index contributed by atoms with van der Waals surface area (Å²) in [5, 5.41) is 0. The smallest absolute Gasteiger partial charge is 0.338 e. The molecule has 0 spiro atoms. The summed E-state index contributed by atoms with van der Waals surface area (Å²) >= 11 is 0. The van der Waals surface area contributed by atoms with Gasteiger partial charge in [-0.3, -0.25) is 4.79 Å². The van der Waals surface area contributed by atoms with E-state index in [0.29, 0.717) is 28.6 Å². The lowest BCUT2D eigenvalue weighted by Crippen LogP contribution is -2.15. The number of carbonyl (C=O) groups is 2. The van der Waals surface area contributed by atoms with E-state index >= 15 is 0 Å². The van der Waals surface area contributed by atoms with Crippen LogP contribution in [-0.2, 0) is 4.74 Å². The fourth-order valence-electron chi connectivity index (χ4n) is 2.37. The van der Waals surface area contributed by atoms with Crippen LogP contribution in [0, 0.1) is 0 Å². The van der Waals surface area contributed by atoms with Crippen molar-refractivity contribution in [3.05, 3.63) is 47.5 Å². The van der Waals surface area contributed by atoms with Crippen molar-refractivity contribution in [1.29, 1.82) is 0 Å². The van der Waals surface area contributed by atoms with Gasteiger partial charge >= 0.3 is 5.97 Å². The molecule has 0 saturated carbocycles. The van der Waals surface area contributed by atoms with Crippen molar-refractivity contribution in [2.45, 2.75) is 0 Å². The molecule has 0 saturated heterocycles. The van der Waals surface area contributed by atoms with Gasteiger partial charge in [0.15, 0.2) is 18.1 Å². The van der Waals surface area contributed by atoms with Crippen molar-refractivity contribution >= 4 is 11.8 Å². The van der Waals surface area contributed by atoms with Gasteiger partial charge in [0, 0.05) is 0 Å². The van der Waals surface area contributed by atoms with Crippen LogP contribution in [0.5, 0.6) is 23.0 Å². The summed E-state index contributed by atoms with van der Waals surface area (Å²) in [6, 6.07) is 9.63. The fourth-order valence-corrected chi connectivity index (χ4v) is 2.37. The van der Waals surface area contributed by atoms with Crippen LogP contribution in [0.2, 0.25) is 0 Å². The van der Waals surface area contributed by atoms with Crippen LogP contribution < -0.4 is 18.9 Å². The Morgan fingerprint density at radius 3 is 1.92 bits per heavy atom. The summed E-state index contributed by atoms with van der Waals surface area (Å²) in [6.45, 7) is -0.421. The molecule has 0 unspecified atom stereocenters. The van der Waals surface area contributed by atoms with Crippen molar-refractivity contribution in [3.8, 4) is 23.0 Å². The van der Waals surface area contributed by atoms with E-state index in [1.165, 1.54) is 40.6 Å². The molecule has 0 bridgehead atoms. The largest absolute Gasteiger partial charge is 0.496 e. The van der Waals surface area contributed by atoms with Gasteiger partial charge in [0.1, 0.15) is 5.75 Å². The number of benzene rings is 2. The van der Waals surface area contributed by atoms with E-state index in [1.54, 1.807) is 24.3 Å². The molecule has 0 heterocycles. The Morgan fingerprint density at radius 1 is 0.808 bits per heavy atom. The predicted molar refractivity (Wildman–Crippen MR) is 93.7 cm³/mol. The molecule has 2 aromatic rings. The molecule has 0 aliphatic carbocycles. The van der Waals surface area contributed by atoms with E-state index in [1.807, 2.05) is 0 Å². The average molecular weight is 360 g/mol. The summed E-state index contributed by atoms with van der Waals surface area (Å²) < 4.78 is 25.9. The Balaban J connectivity index is 2.16. The summed E-state index contributed by atoms with van der Waals surface area (Å²) in [6.07, 6.45) is 0. The number of esters is 1. The highest BCUT2D eigenvalue weighted by molar-refractivity contribution is 6.01. The Bertz CT molecular complexity index is 773. The Hall–Kier alpha value is -3.22. The van der Waals surface area contributed by atoms with Crippen LogP contribution in [-0.4, -0.2) is 46.8 Å². The lowest BCUT2D eigenvalue weighted by Gasteiger charge is -2.14. The third-order valence-corrected chi connectivity index (χ3v) is 3.64. The minimum atomic E-state index is -0.687. The van der Waals surface area contributed by atoms with E-state index in [4.69, 9.17) is 23.7 Å². The highest BCUT2D eigenvalue weighted by Gasteiger charge is 2.19. The van der Waals surface area contributed by atoms with Crippen LogP contribution in [0.3, 0.4) is 0 Å².